The van der Waals surface area contributed by atoms with Gasteiger partial charge in [0.15, 0.2) is 0 Å². The molecule has 2 heterocycles. The number of rotatable bonds is 6. The fraction of sp³-hybridized carbons (Fsp3) is 0.292. The molecule has 0 spiro atoms. The Hall–Kier alpha value is -3.25. The first kappa shape index (κ1) is 20.0. The Balaban J connectivity index is 1.39. The SMILES string of the molecule is O=C(CCc1ccc(=O)[nH]n1)N1CCN(C(c2ccccc2)c2ccccc2)CC1. The lowest BCUT2D eigenvalue weighted by Crippen LogP contribution is -2.49. The number of aromatic nitrogens is 2. The molecule has 30 heavy (non-hydrogen) atoms. The van der Waals surface area contributed by atoms with Gasteiger partial charge in [-0.15, -0.1) is 0 Å². The molecule has 4 rings (SSSR count). The molecule has 0 radical (unpaired) electrons. The molecule has 0 aliphatic carbocycles. The predicted octanol–water partition coefficient (Wildman–Crippen LogP) is 2.64. The zero-order valence-electron chi connectivity index (χ0n) is 16.9. The molecule has 154 valence electrons. The number of piperazine rings is 1. The summed E-state index contributed by atoms with van der Waals surface area (Å²) in [5.74, 6) is 0.138. The van der Waals surface area contributed by atoms with Crippen LogP contribution >= 0.6 is 0 Å². The molecule has 1 fully saturated rings. The molecule has 1 saturated heterocycles. The summed E-state index contributed by atoms with van der Waals surface area (Å²) in [6.07, 6.45) is 0.937. The number of nitrogens with one attached hydrogen (secondary N) is 1. The monoisotopic (exact) mass is 402 g/mol. The summed E-state index contributed by atoms with van der Waals surface area (Å²) in [6.45, 7) is 3.09. The molecule has 1 aliphatic rings. The second kappa shape index (κ2) is 9.50. The van der Waals surface area contributed by atoms with E-state index < -0.39 is 0 Å². The number of H-pyrrole nitrogens is 1. The van der Waals surface area contributed by atoms with Crippen LogP contribution in [0.4, 0.5) is 0 Å². The number of amides is 1. The normalized spacial score (nSPS) is 14.8. The van der Waals surface area contributed by atoms with E-state index in [2.05, 4.69) is 63.6 Å². The predicted molar refractivity (Wildman–Crippen MR) is 116 cm³/mol. The smallest absolute Gasteiger partial charge is 0.264 e. The molecule has 1 aromatic heterocycles. The van der Waals surface area contributed by atoms with Gasteiger partial charge in [0.1, 0.15) is 0 Å². The van der Waals surface area contributed by atoms with Crippen molar-refractivity contribution in [3.05, 3.63) is 100.0 Å². The van der Waals surface area contributed by atoms with Crippen molar-refractivity contribution in [2.75, 3.05) is 26.2 Å². The van der Waals surface area contributed by atoms with Gasteiger partial charge in [0.25, 0.3) is 5.56 Å². The van der Waals surface area contributed by atoms with E-state index in [1.54, 1.807) is 6.07 Å². The fourth-order valence-corrected chi connectivity index (χ4v) is 4.02. The van der Waals surface area contributed by atoms with Gasteiger partial charge in [0.2, 0.25) is 5.91 Å². The molecule has 0 atom stereocenters. The van der Waals surface area contributed by atoms with E-state index in [1.165, 1.54) is 17.2 Å². The molecule has 6 nitrogen and oxygen atoms in total. The van der Waals surface area contributed by atoms with Gasteiger partial charge in [-0.1, -0.05) is 60.7 Å². The highest BCUT2D eigenvalue weighted by Gasteiger charge is 2.27. The summed E-state index contributed by atoms with van der Waals surface area (Å²) >= 11 is 0. The van der Waals surface area contributed by atoms with Crippen LogP contribution in [0.15, 0.2) is 77.6 Å². The van der Waals surface area contributed by atoms with Crippen LogP contribution in [0.5, 0.6) is 0 Å². The van der Waals surface area contributed by atoms with Gasteiger partial charge in [-0.25, -0.2) is 5.10 Å². The molecule has 1 aliphatic heterocycles. The van der Waals surface area contributed by atoms with Crippen LogP contribution < -0.4 is 5.56 Å². The molecule has 6 heteroatoms. The Morgan fingerprint density at radius 3 is 2.00 bits per heavy atom. The third kappa shape index (κ3) is 4.83. The number of nitrogens with zero attached hydrogens (tertiary/aromatic N) is 3. The highest BCUT2D eigenvalue weighted by Crippen LogP contribution is 2.29. The highest BCUT2D eigenvalue weighted by atomic mass is 16.2. The molecule has 1 amide bonds. The van der Waals surface area contributed by atoms with E-state index in [0.717, 1.165) is 18.8 Å². The number of aryl methyl sites for hydroxylation is 1. The molecule has 0 unspecified atom stereocenters. The minimum Gasteiger partial charge on any atom is -0.340 e. The van der Waals surface area contributed by atoms with Crippen molar-refractivity contribution >= 4 is 5.91 Å². The number of aromatic amines is 1. The van der Waals surface area contributed by atoms with Crippen molar-refractivity contribution in [2.45, 2.75) is 18.9 Å². The highest BCUT2D eigenvalue weighted by molar-refractivity contribution is 5.76. The average molecular weight is 402 g/mol. The van der Waals surface area contributed by atoms with Crippen molar-refractivity contribution in [1.82, 2.24) is 20.0 Å². The number of hydrogen-bond acceptors (Lipinski definition) is 4. The van der Waals surface area contributed by atoms with E-state index in [9.17, 15) is 9.59 Å². The van der Waals surface area contributed by atoms with Crippen molar-refractivity contribution in [3.63, 3.8) is 0 Å². The topological polar surface area (TPSA) is 69.3 Å². The maximum absolute atomic E-state index is 12.7. The van der Waals surface area contributed by atoms with Crippen LogP contribution in [0, 0.1) is 0 Å². The second-order valence-corrected chi connectivity index (χ2v) is 7.55. The lowest BCUT2D eigenvalue weighted by molar-refractivity contribution is -0.133. The van der Waals surface area contributed by atoms with Crippen LogP contribution in [0.3, 0.4) is 0 Å². The van der Waals surface area contributed by atoms with Gasteiger partial charge >= 0.3 is 0 Å². The zero-order valence-corrected chi connectivity index (χ0v) is 16.9. The third-order valence-corrected chi connectivity index (χ3v) is 5.59. The van der Waals surface area contributed by atoms with E-state index >= 15 is 0 Å². The third-order valence-electron chi connectivity index (χ3n) is 5.59. The standard InChI is InChI=1S/C24H26N4O2/c29-22-13-11-21(25-26-22)12-14-23(30)27-15-17-28(18-16-27)24(19-7-3-1-4-8-19)20-9-5-2-6-10-20/h1-11,13,24H,12,14-18H2,(H,26,29). The lowest BCUT2D eigenvalue weighted by atomic mass is 9.96. The molecule has 2 aromatic carbocycles. The minimum atomic E-state index is -0.229. The van der Waals surface area contributed by atoms with E-state index in [0.29, 0.717) is 25.9 Å². The van der Waals surface area contributed by atoms with Crippen molar-refractivity contribution < 1.29 is 4.79 Å². The summed E-state index contributed by atoms with van der Waals surface area (Å²) in [5, 5.41) is 6.40. The Morgan fingerprint density at radius 1 is 0.867 bits per heavy atom. The first-order valence-corrected chi connectivity index (χ1v) is 10.4. The maximum Gasteiger partial charge on any atom is 0.264 e. The summed E-state index contributed by atoms with van der Waals surface area (Å²) in [5.41, 5.74) is 3.04. The quantitative estimate of drug-likeness (QED) is 0.688. The molecule has 0 saturated carbocycles. The minimum absolute atomic E-state index is 0.138. The summed E-state index contributed by atoms with van der Waals surface area (Å²) in [6, 6.07) is 24.4. The zero-order chi connectivity index (χ0) is 20.8. The Kier molecular flexibility index (Phi) is 6.35. The van der Waals surface area contributed by atoms with Gasteiger partial charge in [-0.3, -0.25) is 14.5 Å². The maximum atomic E-state index is 12.7. The van der Waals surface area contributed by atoms with Gasteiger partial charge in [-0.2, -0.15) is 5.10 Å². The Labute approximate surface area is 176 Å². The van der Waals surface area contributed by atoms with E-state index in [1.807, 2.05) is 17.0 Å². The van der Waals surface area contributed by atoms with Gasteiger partial charge < -0.3 is 4.90 Å². The van der Waals surface area contributed by atoms with Crippen LogP contribution in [-0.4, -0.2) is 52.1 Å². The van der Waals surface area contributed by atoms with Crippen molar-refractivity contribution in [3.8, 4) is 0 Å². The van der Waals surface area contributed by atoms with E-state index in [-0.39, 0.29) is 17.5 Å². The van der Waals surface area contributed by atoms with Crippen LogP contribution in [0.25, 0.3) is 0 Å². The summed E-state index contributed by atoms with van der Waals surface area (Å²) < 4.78 is 0. The fourth-order valence-electron chi connectivity index (χ4n) is 4.02. The molecular weight excluding hydrogens is 376 g/mol. The van der Waals surface area contributed by atoms with E-state index in [4.69, 9.17) is 0 Å². The first-order valence-electron chi connectivity index (χ1n) is 10.4. The van der Waals surface area contributed by atoms with Crippen LogP contribution in [0.1, 0.15) is 29.3 Å². The summed E-state index contributed by atoms with van der Waals surface area (Å²) in [7, 11) is 0. The summed E-state index contributed by atoms with van der Waals surface area (Å²) in [4.78, 5) is 28.2. The second-order valence-electron chi connectivity index (χ2n) is 7.55. The molecule has 3 aromatic rings. The lowest BCUT2D eigenvalue weighted by Gasteiger charge is -2.39. The van der Waals surface area contributed by atoms with Crippen LogP contribution in [-0.2, 0) is 11.2 Å². The Bertz CT molecular complexity index is 952. The molecule has 0 bridgehead atoms. The number of carbonyl (C=O) groups excluding carboxylic acids is 1. The van der Waals surface area contributed by atoms with Crippen LogP contribution in [0.2, 0.25) is 0 Å². The van der Waals surface area contributed by atoms with Crippen molar-refractivity contribution in [2.24, 2.45) is 0 Å². The Morgan fingerprint density at radius 2 is 1.47 bits per heavy atom. The average Bonchev–Trinajstić information content (AvgIpc) is 2.81. The molecular formula is C24H26N4O2. The van der Waals surface area contributed by atoms with Gasteiger partial charge in [0, 0.05) is 45.1 Å². The first-order chi connectivity index (χ1) is 14.7. The number of carbonyl (C=O) groups is 1. The molecule has 1 N–H and O–H groups in total. The largest absolute Gasteiger partial charge is 0.340 e. The van der Waals surface area contributed by atoms with Gasteiger partial charge in [0.05, 0.1) is 11.7 Å². The number of hydrogen-bond donors (Lipinski definition) is 1. The van der Waals surface area contributed by atoms with Crippen molar-refractivity contribution in [1.29, 1.82) is 0 Å². The number of benzene rings is 2. The van der Waals surface area contributed by atoms with Gasteiger partial charge in [-0.05, 0) is 17.2 Å².